The number of carbonyl (C=O) groups is 1. The number of nitrogens with one attached hydrogen (secondary N) is 1. The maximum absolute atomic E-state index is 11.3. The predicted octanol–water partition coefficient (Wildman–Crippen LogP) is -0.124. The standard InChI is InChI=1S/C9H18N2O2/c1-3-7(10)8(12)11-4-9(2)5-13-6-9/h7H,3-6,10H2,1-2H3,(H,11,12)/t7-/m1/s1. The molecule has 0 aromatic rings. The normalized spacial score (nSPS) is 21.8. The second-order valence-corrected chi connectivity index (χ2v) is 4.04. The van der Waals surface area contributed by atoms with Gasteiger partial charge in [-0.25, -0.2) is 0 Å². The maximum atomic E-state index is 11.3. The number of carbonyl (C=O) groups excluding carboxylic acids is 1. The lowest BCUT2D eigenvalue weighted by Gasteiger charge is -2.38. The van der Waals surface area contributed by atoms with Gasteiger partial charge in [0.2, 0.25) is 5.91 Å². The molecule has 1 aliphatic rings. The smallest absolute Gasteiger partial charge is 0.236 e. The molecular weight excluding hydrogens is 168 g/mol. The molecule has 4 nitrogen and oxygen atoms in total. The van der Waals surface area contributed by atoms with Crippen molar-refractivity contribution in [2.75, 3.05) is 19.8 Å². The van der Waals surface area contributed by atoms with Crippen molar-refractivity contribution in [3.8, 4) is 0 Å². The summed E-state index contributed by atoms with van der Waals surface area (Å²) in [6.07, 6.45) is 0.680. The Balaban J connectivity index is 2.21. The summed E-state index contributed by atoms with van der Waals surface area (Å²) in [6, 6.07) is -0.371. The quantitative estimate of drug-likeness (QED) is 0.643. The summed E-state index contributed by atoms with van der Waals surface area (Å²) in [5.74, 6) is -0.0596. The van der Waals surface area contributed by atoms with Crippen molar-refractivity contribution in [3.63, 3.8) is 0 Å². The fraction of sp³-hybridized carbons (Fsp3) is 0.889. The van der Waals surface area contributed by atoms with Crippen LogP contribution in [0, 0.1) is 5.41 Å². The third kappa shape index (κ3) is 2.67. The molecule has 0 aromatic carbocycles. The summed E-state index contributed by atoms with van der Waals surface area (Å²) < 4.78 is 5.07. The largest absolute Gasteiger partial charge is 0.380 e. The van der Waals surface area contributed by atoms with Crippen LogP contribution >= 0.6 is 0 Å². The van der Waals surface area contributed by atoms with Crippen LogP contribution in [0.2, 0.25) is 0 Å². The van der Waals surface area contributed by atoms with Gasteiger partial charge in [-0.3, -0.25) is 4.79 Å². The summed E-state index contributed by atoms with van der Waals surface area (Å²) in [4.78, 5) is 11.3. The van der Waals surface area contributed by atoms with E-state index in [1.165, 1.54) is 0 Å². The SMILES string of the molecule is CC[C@@H](N)C(=O)NCC1(C)COC1. The Morgan fingerprint density at radius 1 is 1.69 bits per heavy atom. The highest BCUT2D eigenvalue weighted by atomic mass is 16.5. The van der Waals surface area contributed by atoms with E-state index in [-0.39, 0.29) is 17.4 Å². The first-order valence-corrected chi connectivity index (χ1v) is 4.68. The van der Waals surface area contributed by atoms with E-state index in [0.717, 1.165) is 13.2 Å². The zero-order valence-electron chi connectivity index (χ0n) is 8.30. The number of rotatable bonds is 4. The van der Waals surface area contributed by atoms with E-state index in [4.69, 9.17) is 10.5 Å². The van der Waals surface area contributed by atoms with Crippen molar-refractivity contribution >= 4 is 5.91 Å². The third-order valence-corrected chi connectivity index (χ3v) is 2.37. The van der Waals surface area contributed by atoms with Crippen molar-refractivity contribution < 1.29 is 9.53 Å². The summed E-state index contributed by atoms with van der Waals surface area (Å²) in [6.45, 7) is 6.12. The van der Waals surface area contributed by atoms with Gasteiger partial charge in [0.1, 0.15) is 0 Å². The molecule has 1 atom stereocenters. The van der Waals surface area contributed by atoms with Crippen LogP contribution in [0.25, 0.3) is 0 Å². The zero-order valence-corrected chi connectivity index (χ0v) is 8.30. The van der Waals surface area contributed by atoms with Gasteiger partial charge in [-0.1, -0.05) is 13.8 Å². The predicted molar refractivity (Wildman–Crippen MR) is 50.2 cm³/mol. The molecule has 3 N–H and O–H groups in total. The Morgan fingerprint density at radius 3 is 2.69 bits per heavy atom. The minimum atomic E-state index is -0.371. The number of amides is 1. The van der Waals surface area contributed by atoms with Gasteiger partial charge in [-0.05, 0) is 6.42 Å². The Labute approximate surface area is 78.8 Å². The number of hydrogen-bond acceptors (Lipinski definition) is 3. The van der Waals surface area contributed by atoms with E-state index < -0.39 is 0 Å². The molecule has 1 aliphatic heterocycles. The monoisotopic (exact) mass is 186 g/mol. The highest BCUT2D eigenvalue weighted by Gasteiger charge is 2.33. The first-order valence-electron chi connectivity index (χ1n) is 4.68. The molecule has 0 saturated carbocycles. The van der Waals surface area contributed by atoms with Crippen LogP contribution in [0.15, 0.2) is 0 Å². The fourth-order valence-corrected chi connectivity index (χ4v) is 1.17. The second kappa shape index (κ2) is 4.07. The summed E-state index contributed by atoms with van der Waals surface area (Å²) >= 11 is 0. The van der Waals surface area contributed by atoms with Gasteiger partial charge in [-0.15, -0.1) is 0 Å². The van der Waals surface area contributed by atoms with E-state index >= 15 is 0 Å². The van der Waals surface area contributed by atoms with Crippen molar-refractivity contribution in [2.45, 2.75) is 26.3 Å². The first-order chi connectivity index (χ1) is 6.07. The minimum absolute atomic E-state index is 0.0596. The number of nitrogens with two attached hydrogens (primary N) is 1. The van der Waals surface area contributed by atoms with Crippen LogP contribution in [0.4, 0.5) is 0 Å². The number of hydrogen-bond donors (Lipinski definition) is 2. The minimum Gasteiger partial charge on any atom is -0.380 e. The summed E-state index contributed by atoms with van der Waals surface area (Å²) in [5, 5.41) is 2.83. The van der Waals surface area contributed by atoms with Crippen LogP contribution < -0.4 is 11.1 Å². The molecule has 0 unspecified atom stereocenters. The average molecular weight is 186 g/mol. The zero-order chi connectivity index (χ0) is 9.90. The molecule has 0 aromatic heterocycles. The molecule has 1 amide bonds. The topological polar surface area (TPSA) is 64.4 Å². The van der Waals surface area contributed by atoms with Gasteiger partial charge >= 0.3 is 0 Å². The molecule has 1 rings (SSSR count). The van der Waals surface area contributed by atoms with E-state index in [2.05, 4.69) is 12.2 Å². The molecule has 4 heteroatoms. The highest BCUT2D eigenvalue weighted by molar-refractivity contribution is 5.81. The van der Waals surface area contributed by atoms with Crippen LogP contribution in [0.5, 0.6) is 0 Å². The van der Waals surface area contributed by atoms with Crippen molar-refractivity contribution in [1.29, 1.82) is 0 Å². The van der Waals surface area contributed by atoms with Crippen LogP contribution in [-0.4, -0.2) is 31.7 Å². The Morgan fingerprint density at radius 2 is 2.31 bits per heavy atom. The van der Waals surface area contributed by atoms with E-state index in [0.29, 0.717) is 13.0 Å². The molecule has 0 spiro atoms. The van der Waals surface area contributed by atoms with Crippen LogP contribution in [-0.2, 0) is 9.53 Å². The molecule has 13 heavy (non-hydrogen) atoms. The van der Waals surface area contributed by atoms with Gasteiger partial charge in [0.05, 0.1) is 19.3 Å². The van der Waals surface area contributed by atoms with E-state index in [9.17, 15) is 4.79 Å². The lowest BCUT2D eigenvalue weighted by atomic mass is 9.88. The van der Waals surface area contributed by atoms with Gasteiger partial charge < -0.3 is 15.8 Å². The van der Waals surface area contributed by atoms with Crippen molar-refractivity contribution in [1.82, 2.24) is 5.32 Å². The van der Waals surface area contributed by atoms with Crippen LogP contribution in [0.1, 0.15) is 20.3 Å². The van der Waals surface area contributed by atoms with E-state index in [1.807, 2.05) is 6.92 Å². The number of ether oxygens (including phenoxy) is 1. The molecular formula is C9H18N2O2. The van der Waals surface area contributed by atoms with Crippen LogP contribution in [0.3, 0.4) is 0 Å². The Hall–Kier alpha value is -0.610. The molecule has 1 heterocycles. The van der Waals surface area contributed by atoms with Gasteiger partial charge in [0, 0.05) is 12.0 Å². The highest BCUT2D eigenvalue weighted by Crippen LogP contribution is 2.24. The summed E-state index contributed by atoms with van der Waals surface area (Å²) in [5.41, 5.74) is 5.69. The molecule has 1 saturated heterocycles. The molecule has 0 aliphatic carbocycles. The molecule has 76 valence electrons. The van der Waals surface area contributed by atoms with Crippen molar-refractivity contribution in [3.05, 3.63) is 0 Å². The van der Waals surface area contributed by atoms with Crippen molar-refractivity contribution in [2.24, 2.45) is 11.1 Å². The maximum Gasteiger partial charge on any atom is 0.236 e. The Kier molecular flexibility index (Phi) is 3.27. The fourth-order valence-electron chi connectivity index (χ4n) is 1.17. The second-order valence-electron chi connectivity index (χ2n) is 4.04. The molecule has 0 bridgehead atoms. The molecule has 0 radical (unpaired) electrons. The Bertz CT molecular complexity index is 190. The lowest BCUT2D eigenvalue weighted by molar-refractivity contribution is -0.127. The lowest BCUT2D eigenvalue weighted by Crippen LogP contribution is -2.51. The van der Waals surface area contributed by atoms with Gasteiger partial charge in [0.15, 0.2) is 0 Å². The van der Waals surface area contributed by atoms with Gasteiger partial charge in [-0.2, -0.15) is 0 Å². The summed E-state index contributed by atoms with van der Waals surface area (Å²) in [7, 11) is 0. The first kappa shape index (κ1) is 10.5. The third-order valence-electron chi connectivity index (χ3n) is 2.37. The molecule has 1 fully saturated rings. The van der Waals surface area contributed by atoms with E-state index in [1.54, 1.807) is 0 Å². The average Bonchev–Trinajstić information content (AvgIpc) is 2.09. The van der Waals surface area contributed by atoms with Gasteiger partial charge in [0.25, 0.3) is 0 Å².